The monoisotopic (exact) mass is 442 g/mol. The van der Waals surface area contributed by atoms with Crippen molar-refractivity contribution in [3.63, 3.8) is 0 Å². The molecule has 4 rings (SSSR count). The largest absolute Gasteiger partial charge is 0.493 e. The normalized spacial score (nSPS) is 15.7. The van der Waals surface area contributed by atoms with Gasteiger partial charge < -0.3 is 9.47 Å². The molecule has 144 valence electrons. The average molecular weight is 443 g/mol. The van der Waals surface area contributed by atoms with Crippen molar-refractivity contribution < 1.29 is 14.3 Å². The number of nitrogens with one attached hydrogen (secondary N) is 1. The molecule has 0 bridgehead atoms. The Balaban J connectivity index is 1.63. The van der Waals surface area contributed by atoms with Gasteiger partial charge in [-0.15, -0.1) is 0 Å². The first-order valence-corrected chi connectivity index (χ1v) is 9.59. The third-order valence-corrected chi connectivity index (χ3v) is 5.34. The summed E-state index contributed by atoms with van der Waals surface area (Å²) in [6, 6.07) is 11.7. The van der Waals surface area contributed by atoms with Crippen LogP contribution in [-0.4, -0.2) is 27.8 Å². The van der Waals surface area contributed by atoms with E-state index in [0.29, 0.717) is 24.1 Å². The van der Waals surface area contributed by atoms with Crippen LogP contribution in [0.2, 0.25) is 0 Å². The Kier molecular flexibility index (Phi) is 5.04. The molecule has 0 fully saturated rings. The summed E-state index contributed by atoms with van der Waals surface area (Å²) in [6.07, 6.45) is 1.69. The van der Waals surface area contributed by atoms with Gasteiger partial charge in [0.15, 0.2) is 11.5 Å². The fraction of sp³-hybridized carbons (Fsp3) is 0.250. The van der Waals surface area contributed by atoms with Crippen LogP contribution < -0.4 is 14.8 Å². The van der Waals surface area contributed by atoms with Crippen LogP contribution in [0, 0.1) is 6.92 Å². The molecule has 1 aliphatic rings. The zero-order chi connectivity index (χ0) is 19.7. The fourth-order valence-corrected chi connectivity index (χ4v) is 3.76. The lowest BCUT2D eigenvalue weighted by atomic mass is 10.0. The highest BCUT2D eigenvalue weighted by Crippen LogP contribution is 2.40. The van der Waals surface area contributed by atoms with Crippen LogP contribution in [0.25, 0.3) is 0 Å². The van der Waals surface area contributed by atoms with Gasteiger partial charge >= 0.3 is 0 Å². The van der Waals surface area contributed by atoms with Crippen molar-refractivity contribution in [2.24, 2.45) is 0 Å². The van der Waals surface area contributed by atoms with Crippen molar-refractivity contribution in [3.8, 4) is 11.5 Å². The molecule has 0 radical (unpaired) electrons. The molecule has 1 N–H and O–H groups in total. The Morgan fingerprint density at radius 3 is 2.79 bits per heavy atom. The quantitative estimate of drug-likeness (QED) is 0.648. The summed E-state index contributed by atoms with van der Waals surface area (Å²) in [5, 5.41) is 6.97. The molecule has 1 aliphatic heterocycles. The second-order valence-corrected chi connectivity index (χ2v) is 7.45. The summed E-state index contributed by atoms with van der Waals surface area (Å²) in [6.45, 7) is 2.48. The van der Waals surface area contributed by atoms with Crippen molar-refractivity contribution in [2.45, 2.75) is 26.0 Å². The van der Waals surface area contributed by atoms with E-state index in [1.807, 2.05) is 24.3 Å². The molecule has 2 heterocycles. The summed E-state index contributed by atoms with van der Waals surface area (Å²) >= 11 is 3.61. The standard InChI is InChI=1S/C20H19BrN4O3/c1-12-3-5-13(6-4-12)10-28-18-8-15(21)14(7-17(18)27-2)16-9-19(26)24-20-22-11-23-25(16)20/h3-8,11,16H,9-10H2,1-2H3,(H,22,23,24,26)/t16-/m1/s1. The first kappa shape index (κ1) is 18.5. The molecule has 0 saturated heterocycles. The van der Waals surface area contributed by atoms with Gasteiger partial charge in [0, 0.05) is 4.47 Å². The molecule has 1 atom stereocenters. The van der Waals surface area contributed by atoms with Gasteiger partial charge in [0.2, 0.25) is 11.9 Å². The zero-order valence-electron chi connectivity index (χ0n) is 15.5. The van der Waals surface area contributed by atoms with Gasteiger partial charge in [0.25, 0.3) is 0 Å². The highest BCUT2D eigenvalue weighted by atomic mass is 79.9. The maximum absolute atomic E-state index is 12.1. The predicted molar refractivity (Wildman–Crippen MR) is 108 cm³/mol. The van der Waals surface area contributed by atoms with Gasteiger partial charge in [0.05, 0.1) is 19.6 Å². The Labute approximate surface area is 170 Å². The summed E-state index contributed by atoms with van der Waals surface area (Å²) < 4.78 is 14.0. The van der Waals surface area contributed by atoms with Crippen LogP contribution in [0.5, 0.6) is 11.5 Å². The smallest absolute Gasteiger partial charge is 0.229 e. The molecule has 0 aliphatic carbocycles. The third kappa shape index (κ3) is 3.60. The molecule has 0 saturated carbocycles. The van der Waals surface area contributed by atoms with Gasteiger partial charge in [0.1, 0.15) is 12.9 Å². The van der Waals surface area contributed by atoms with Crippen LogP contribution in [0.4, 0.5) is 5.95 Å². The fourth-order valence-electron chi connectivity index (χ4n) is 3.17. The molecule has 7 nitrogen and oxygen atoms in total. The van der Waals surface area contributed by atoms with Crippen molar-refractivity contribution >= 4 is 27.8 Å². The molecule has 2 aromatic carbocycles. The van der Waals surface area contributed by atoms with Crippen LogP contribution in [0.1, 0.15) is 29.2 Å². The lowest BCUT2D eigenvalue weighted by molar-refractivity contribution is -0.117. The number of halogens is 1. The molecule has 1 aromatic heterocycles. The van der Waals surface area contributed by atoms with Crippen molar-refractivity contribution in [1.82, 2.24) is 14.8 Å². The van der Waals surface area contributed by atoms with Crippen LogP contribution in [0.3, 0.4) is 0 Å². The summed E-state index contributed by atoms with van der Waals surface area (Å²) in [5.41, 5.74) is 3.16. The number of ether oxygens (including phenoxy) is 2. The Hall–Kier alpha value is -2.87. The number of methoxy groups -OCH3 is 1. The van der Waals surface area contributed by atoms with E-state index < -0.39 is 0 Å². The molecule has 0 unspecified atom stereocenters. The number of fused-ring (bicyclic) bond motifs is 1. The molecule has 0 spiro atoms. The molecular formula is C20H19BrN4O3. The number of hydrogen-bond donors (Lipinski definition) is 1. The topological polar surface area (TPSA) is 78.3 Å². The number of amides is 1. The van der Waals surface area contributed by atoms with E-state index in [2.05, 4.69) is 50.4 Å². The number of carbonyl (C=O) groups is 1. The minimum Gasteiger partial charge on any atom is -0.493 e. The van der Waals surface area contributed by atoms with Crippen LogP contribution in [0.15, 0.2) is 47.2 Å². The molecule has 1 amide bonds. The number of hydrogen-bond acceptors (Lipinski definition) is 5. The molecule has 8 heteroatoms. The van der Waals surface area contributed by atoms with Crippen LogP contribution >= 0.6 is 15.9 Å². The van der Waals surface area contributed by atoms with E-state index in [9.17, 15) is 4.79 Å². The van der Waals surface area contributed by atoms with Crippen molar-refractivity contribution in [1.29, 1.82) is 0 Å². The predicted octanol–water partition coefficient (Wildman–Crippen LogP) is 3.87. The van der Waals surface area contributed by atoms with E-state index in [-0.39, 0.29) is 18.4 Å². The Morgan fingerprint density at radius 2 is 2.04 bits per heavy atom. The maximum atomic E-state index is 12.1. The van der Waals surface area contributed by atoms with Gasteiger partial charge in [-0.3, -0.25) is 10.1 Å². The zero-order valence-corrected chi connectivity index (χ0v) is 17.1. The number of aryl methyl sites for hydroxylation is 1. The summed E-state index contributed by atoms with van der Waals surface area (Å²) in [5.74, 6) is 1.55. The summed E-state index contributed by atoms with van der Waals surface area (Å²) in [7, 11) is 1.60. The highest BCUT2D eigenvalue weighted by Gasteiger charge is 2.30. The van der Waals surface area contributed by atoms with E-state index in [4.69, 9.17) is 9.47 Å². The average Bonchev–Trinajstić information content (AvgIpc) is 3.15. The van der Waals surface area contributed by atoms with E-state index in [0.717, 1.165) is 15.6 Å². The highest BCUT2D eigenvalue weighted by molar-refractivity contribution is 9.10. The Bertz CT molecular complexity index is 1020. The first-order valence-electron chi connectivity index (χ1n) is 8.80. The maximum Gasteiger partial charge on any atom is 0.229 e. The van der Waals surface area contributed by atoms with Crippen LogP contribution in [-0.2, 0) is 11.4 Å². The van der Waals surface area contributed by atoms with E-state index >= 15 is 0 Å². The number of rotatable bonds is 5. The molecule has 3 aromatic rings. The number of benzene rings is 2. The number of anilines is 1. The molecule has 28 heavy (non-hydrogen) atoms. The van der Waals surface area contributed by atoms with Gasteiger partial charge in [-0.2, -0.15) is 10.1 Å². The minimum absolute atomic E-state index is 0.101. The lowest BCUT2D eigenvalue weighted by Gasteiger charge is -2.25. The third-order valence-electron chi connectivity index (χ3n) is 4.66. The summed E-state index contributed by atoms with van der Waals surface area (Å²) in [4.78, 5) is 16.2. The van der Waals surface area contributed by atoms with E-state index in [1.54, 1.807) is 11.8 Å². The van der Waals surface area contributed by atoms with Crippen molar-refractivity contribution in [3.05, 3.63) is 63.9 Å². The Morgan fingerprint density at radius 1 is 1.25 bits per heavy atom. The number of carbonyl (C=O) groups excluding carboxylic acids is 1. The molecular weight excluding hydrogens is 424 g/mol. The van der Waals surface area contributed by atoms with E-state index in [1.165, 1.54) is 11.9 Å². The second kappa shape index (κ2) is 7.63. The lowest BCUT2D eigenvalue weighted by Crippen LogP contribution is -2.29. The first-order chi connectivity index (χ1) is 13.5. The minimum atomic E-state index is -0.277. The number of aromatic nitrogens is 3. The SMILES string of the molecule is COc1cc([C@H]2CC(=O)Nc3ncnn32)c(Br)cc1OCc1ccc(C)cc1. The van der Waals surface area contributed by atoms with Crippen molar-refractivity contribution in [2.75, 3.05) is 12.4 Å². The van der Waals surface area contributed by atoms with Gasteiger partial charge in [-0.1, -0.05) is 45.8 Å². The van der Waals surface area contributed by atoms with Gasteiger partial charge in [-0.05, 0) is 30.2 Å². The number of nitrogens with zero attached hydrogens (tertiary/aromatic N) is 3. The van der Waals surface area contributed by atoms with Gasteiger partial charge in [-0.25, -0.2) is 4.68 Å². The second-order valence-electron chi connectivity index (χ2n) is 6.60.